The number of nitrogens with two attached hydrogens (primary N) is 1. The van der Waals surface area contributed by atoms with Crippen molar-refractivity contribution >= 4 is 27.7 Å². The summed E-state index contributed by atoms with van der Waals surface area (Å²) < 4.78 is 35.4. The predicted molar refractivity (Wildman–Crippen MR) is 204 cm³/mol. The topological polar surface area (TPSA) is 122 Å². The van der Waals surface area contributed by atoms with Crippen LogP contribution in [0.4, 0.5) is 4.39 Å². The maximum atomic E-state index is 15.9. The molecule has 1 amide bonds. The number of amides is 1. The fourth-order valence-electron chi connectivity index (χ4n) is 7.02. The smallest absolute Gasteiger partial charge is 0.273 e. The summed E-state index contributed by atoms with van der Waals surface area (Å²) in [6.45, 7) is 9.99. The van der Waals surface area contributed by atoms with Gasteiger partial charge in [-0.3, -0.25) is 14.6 Å². The van der Waals surface area contributed by atoms with Crippen molar-refractivity contribution in [2.75, 3.05) is 33.4 Å². The molecule has 0 aliphatic carbocycles. The summed E-state index contributed by atoms with van der Waals surface area (Å²) in [7, 11) is 1.57. The van der Waals surface area contributed by atoms with Gasteiger partial charge in [0.25, 0.3) is 5.91 Å². The van der Waals surface area contributed by atoms with Crippen molar-refractivity contribution in [3.8, 4) is 39.8 Å². The molecule has 2 N–H and O–H groups in total. The first-order valence-corrected chi connectivity index (χ1v) is 17.8. The van der Waals surface area contributed by atoms with Gasteiger partial charge in [-0.15, -0.1) is 0 Å². The largest absolute Gasteiger partial charge is 0.493 e. The summed E-state index contributed by atoms with van der Waals surface area (Å²) in [6, 6.07) is 20.7. The van der Waals surface area contributed by atoms with Gasteiger partial charge in [0.2, 0.25) is 5.43 Å². The number of ether oxygens (including phenoxy) is 3. The summed E-state index contributed by atoms with van der Waals surface area (Å²) in [5.74, 6) is 0.634. The standard InChI is InChI=1S/C42H42FN5O5/c1-25-14-18-47(19-15-25)17-6-20-52-38-24-32-30(23-37(38)51-4)35(13-16-45-32)53-36-12-10-28(22-31(36)43)29-7-5-8-34-39(29)41(49)40(42(44)50)46-48(34)33-11-9-26(2)21-27(33)3/h5,7-13,16,21-25H,6,14-15,17-20H2,1-4H3,(H2,44,50). The molecule has 0 spiro atoms. The van der Waals surface area contributed by atoms with Crippen molar-refractivity contribution in [1.29, 1.82) is 0 Å². The van der Waals surface area contributed by atoms with Crippen LogP contribution in [0.2, 0.25) is 0 Å². The molecule has 1 saturated heterocycles. The van der Waals surface area contributed by atoms with Crippen LogP contribution in [0.15, 0.2) is 83.8 Å². The van der Waals surface area contributed by atoms with Crippen LogP contribution in [0.5, 0.6) is 23.0 Å². The highest BCUT2D eigenvalue weighted by Gasteiger charge is 2.21. The van der Waals surface area contributed by atoms with E-state index in [1.54, 1.807) is 49.7 Å². The molecule has 1 aliphatic heterocycles. The average molecular weight is 716 g/mol. The van der Waals surface area contributed by atoms with Crippen molar-refractivity contribution in [1.82, 2.24) is 19.7 Å². The van der Waals surface area contributed by atoms with Crippen LogP contribution in [-0.2, 0) is 0 Å². The summed E-state index contributed by atoms with van der Waals surface area (Å²) in [4.78, 5) is 33.1. The third kappa shape index (κ3) is 7.30. The third-order valence-electron chi connectivity index (χ3n) is 9.93. The zero-order valence-electron chi connectivity index (χ0n) is 30.3. The van der Waals surface area contributed by atoms with Gasteiger partial charge in [0, 0.05) is 24.2 Å². The highest BCUT2D eigenvalue weighted by molar-refractivity contribution is 6.00. The van der Waals surface area contributed by atoms with E-state index in [0.717, 1.165) is 43.1 Å². The number of piperidine rings is 1. The van der Waals surface area contributed by atoms with Crippen molar-refractivity contribution in [2.45, 2.75) is 40.0 Å². The molecule has 0 radical (unpaired) electrons. The Morgan fingerprint density at radius 1 is 0.962 bits per heavy atom. The van der Waals surface area contributed by atoms with Gasteiger partial charge in [0.1, 0.15) is 5.75 Å². The summed E-state index contributed by atoms with van der Waals surface area (Å²) >= 11 is 0. The molecule has 4 aromatic carbocycles. The average Bonchev–Trinajstić information content (AvgIpc) is 3.15. The van der Waals surface area contributed by atoms with E-state index >= 15 is 4.39 Å². The number of methoxy groups -OCH3 is 1. The Morgan fingerprint density at radius 3 is 2.51 bits per heavy atom. The van der Waals surface area contributed by atoms with Gasteiger partial charge >= 0.3 is 0 Å². The van der Waals surface area contributed by atoms with Crippen LogP contribution < -0.4 is 25.4 Å². The minimum Gasteiger partial charge on any atom is -0.493 e. The van der Waals surface area contributed by atoms with Gasteiger partial charge in [-0.05, 0) is 105 Å². The number of hydrogen-bond donors (Lipinski definition) is 1. The molecule has 53 heavy (non-hydrogen) atoms. The SMILES string of the molecule is COc1cc2c(Oc3ccc(-c4cccc5c4c(=O)c(C(N)=O)nn5-c4ccc(C)cc4C)cc3F)ccnc2cc1OCCCN1CCC(C)CC1. The lowest BCUT2D eigenvalue weighted by Gasteiger charge is -2.30. The number of halogens is 1. The molecule has 1 fully saturated rings. The first kappa shape index (κ1) is 35.6. The van der Waals surface area contributed by atoms with Gasteiger partial charge < -0.3 is 24.8 Å². The first-order valence-electron chi connectivity index (χ1n) is 17.8. The molecule has 0 bridgehead atoms. The Balaban J connectivity index is 1.17. The van der Waals surface area contributed by atoms with E-state index in [9.17, 15) is 9.59 Å². The van der Waals surface area contributed by atoms with Gasteiger partial charge in [-0.25, -0.2) is 9.07 Å². The summed E-state index contributed by atoms with van der Waals surface area (Å²) in [5.41, 5.74) is 9.07. The number of carbonyl (C=O) groups is 1. The molecule has 1 aliphatic rings. The molecule has 272 valence electrons. The highest BCUT2D eigenvalue weighted by atomic mass is 19.1. The lowest BCUT2D eigenvalue weighted by molar-refractivity contribution is 0.0993. The Bertz CT molecular complexity index is 2400. The van der Waals surface area contributed by atoms with Gasteiger partial charge in [-0.1, -0.05) is 42.8 Å². The van der Waals surface area contributed by atoms with E-state index in [0.29, 0.717) is 57.1 Å². The minimum absolute atomic E-state index is 0.0277. The van der Waals surface area contributed by atoms with Gasteiger partial charge in [0.05, 0.1) is 35.8 Å². The van der Waals surface area contributed by atoms with E-state index in [1.807, 2.05) is 38.1 Å². The van der Waals surface area contributed by atoms with Crippen molar-refractivity contribution in [2.24, 2.45) is 11.7 Å². The van der Waals surface area contributed by atoms with E-state index in [-0.39, 0.29) is 11.1 Å². The minimum atomic E-state index is -0.956. The van der Waals surface area contributed by atoms with Crippen LogP contribution in [0.25, 0.3) is 38.6 Å². The second-order valence-electron chi connectivity index (χ2n) is 13.7. The van der Waals surface area contributed by atoms with Crippen molar-refractivity contribution in [3.05, 3.63) is 112 Å². The summed E-state index contributed by atoms with van der Waals surface area (Å²) in [5, 5.41) is 5.18. The van der Waals surface area contributed by atoms with Crippen molar-refractivity contribution in [3.63, 3.8) is 0 Å². The monoisotopic (exact) mass is 715 g/mol. The number of pyridine rings is 1. The number of carbonyl (C=O) groups excluding carboxylic acids is 1. The number of aromatic nitrogens is 3. The molecule has 0 saturated carbocycles. The Kier molecular flexibility index (Phi) is 10.1. The van der Waals surface area contributed by atoms with Crippen molar-refractivity contribution < 1.29 is 23.4 Å². The number of aryl methyl sites for hydroxylation is 2. The van der Waals surface area contributed by atoms with E-state index in [2.05, 4.69) is 21.9 Å². The van der Waals surface area contributed by atoms with Gasteiger partial charge in [-0.2, -0.15) is 5.10 Å². The lowest BCUT2D eigenvalue weighted by atomic mass is 9.99. The maximum absolute atomic E-state index is 15.9. The highest BCUT2D eigenvalue weighted by Crippen LogP contribution is 2.39. The molecule has 3 heterocycles. The number of rotatable bonds is 11. The molecule has 10 nitrogen and oxygen atoms in total. The number of benzene rings is 4. The maximum Gasteiger partial charge on any atom is 0.273 e. The quantitative estimate of drug-likeness (QED) is 0.135. The van der Waals surface area contributed by atoms with Gasteiger partial charge in [0.15, 0.2) is 28.8 Å². The Morgan fingerprint density at radius 2 is 1.77 bits per heavy atom. The zero-order valence-corrected chi connectivity index (χ0v) is 30.3. The van der Waals surface area contributed by atoms with Crippen LogP contribution in [0, 0.1) is 25.6 Å². The van der Waals surface area contributed by atoms with Crippen LogP contribution >= 0.6 is 0 Å². The number of nitrogens with zero attached hydrogens (tertiary/aromatic N) is 4. The Hall–Kier alpha value is -5.81. The zero-order chi connectivity index (χ0) is 37.2. The number of likely N-dealkylation sites (tertiary alicyclic amines) is 1. The van der Waals surface area contributed by atoms with Crippen LogP contribution in [0.3, 0.4) is 0 Å². The normalized spacial score (nSPS) is 13.8. The predicted octanol–water partition coefficient (Wildman–Crippen LogP) is 7.76. The van der Waals surface area contributed by atoms with E-state index in [4.69, 9.17) is 19.9 Å². The number of hydrogen-bond acceptors (Lipinski definition) is 8. The number of fused-ring (bicyclic) bond motifs is 2. The lowest BCUT2D eigenvalue weighted by Crippen LogP contribution is -2.34. The Labute approximate surface area is 306 Å². The molecular formula is C42H42FN5O5. The molecule has 0 atom stereocenters. The molecule has 7 rings (SSSR count). The number of primary amides is 1. The van der Waals surface area contributed by atoms with Crippen LogP contribution in [0.1, 0.15) is 47.8 Å². The third-order valence-corrected chi connectivity index (χ3v) is 9.93. The summed E-state index contributed by atoms with van der Waals surface area (Å²) in [6.07, 6.45) is 4.97. The van der Waals surface area contributed by atoms with Crippen LogP contribution in [-0.4, -0.2) is 58.9 Å². The molecule has 0 unspecified atom stereocenters. The first-order chi connectivity index (χ1) is 25.6. The molecule has 2 aromatic heterocycles. The fourth-order valence-corrected chi connectivity index (χ4v) is 7.02. The molecule has 6 aromatic rings. The van der Waals surface area contributed by atoms with E-state index < -0.39 is 22.8 Å². The second-order valence-corrected chi connectivity index (χ2v) is 13.7. The van der Waals surface area contributed by atoms with E-state index in [1.165, 1.54) is 29.7 Å². The second kappa shape index (κ2) is 15.0. The fraction of sp³-hybridized carbons (Fsp3) is 0.286. The molecule has 11 heteroatoms. The molecular weight excluding hydrogens is 673 g/mol.